The first kappa shape index (κ1) is 9.61. The van der Waals surface area contributed by atoms with Gasteiger partial charge in [0.15, 0.2) is 0 Å². The zero-order chi connectivity index (χ0) is 10.1. The molecule has 0 aromatic carbocycles. The van der Waals surface area contributed by atoms with Gasteiger partial charge in [-0.25, -0.2) is 4.98 Å². The van der Waals surface area contributed by atoms with Crippen LogP contribution in [0.3, 0.4) is 0 Å². The lowest BCUT2D eigenvalue weighted by Crippen LogP contribution is -2.29. The van der Waals surface area contributed by atoms with E-state index in [4.69, 9.17) is 0 Å². The zero-order valence-corrected chi connectivity index (χ0v) is 8.94. The highest BCUT2D eigenvalue weighted by molar-refractivity contribution is 9.10. The van der Waals surface area contributed by atoms with Gasteiger partial charge in [0.2, 0.25) is 0 Å². The summed E-state index contributed by atoms with van der Waals surface area (Å²) in [7, 11) is 0. The van der Waals surface area contributed by atoms with E-state index in [1.54, 1.807) is 12.3 Å². The van der Waals surface area contributed by atoms with Gasteiger partial charge < -0.3 is 5.11 Å². The summed E-state index contributed by atoms with van der Waals surface area (Å²) in [6.07, 6.45) is 1.25. The first-order valence-electron chi connectivity index (χ1n) is 4.29. The van der Waals surface area contributed by atoms with Crippen molar-refractivity contribution in [3.05, 3.63) is 22.8 Å². The van der Waals surface area contributed by atoms with Crippen LogP contribution in [-0.2, 0) is 4.79 Å². The third-order valence-electron chi connectivity index (χ3n) is 2.17. The smallest absolute Gasteiger partial charge is 0.257 e. The average Bonchev–Trinajstić information content (AvgIpc) is 2.50. The summed E-state index contributed by atoms with van der Waals surface area (Å²) < 4.78 is 0.869. The summed E-state index contributed by atoms with van der Waals surface area (Å²) in [5.74, 6) is 0.328. The number of rotatable bonds is 1. The van der Waals surface area contributed by atoms with Crippen LogP contribution < -0.4 is 4.90 Å². The monoisotopic (exact) mass is 256 g/mol. The van der Waals surface area contributed by atoms with Gasteiger partial charge >= 0.3 is 0 Å². The standard InChI is InChI=1S/C9H9BrN2O2/c10-6-1-2-8(11-5-6)12-4-3-7(13)9(12)14/h1-2,5,7,13H,3-4H2. The molecule has 1 saturated heterocycles. The van der Waals surface area contributed by atoms with Gasteiger partial charge in [-0.05, 0) is 28.1 Å². The number of pyridine rings is 1. The molecule has 74 valence electrons. The molecule has 1 aliphatic heterocycles. The molecule has 0 bridgehead atoms. The summed E-state index contributed by atoms with van der Waals surface area (Å²) in [5, 5.41) is 9.26. The van der Waals surface area contributed by atoms with Crippen LogP contribution in [0.4, 0.5) is 5.82 Å². The molecule has 0 spiro atoms. The Morgan fingerprint density at radius 2 is 2.36 bits per heavy atom. The van der Waals surface area contributed by atoms with Gasteiger partial charge in [-0.1, -0.05) is 0 Å². The van der Waals surface area contributed by atoms with Gasteiger partial charge in [0, 0.05) is 23.6 Å². The van der Waals surface area contributed by atoms with Crippen molar-refractivity contribution in [1.82, 2.24) is 4.98 Å². The van der Waals surface area contributed by atoms with Crippen LogP contribution in [0.25, 0.3) is 0 Å². The number of nitrogens with zero attached hydrogens (tertiary/aromatic N) is 2. The molecular formula is C9H9BrN2O2. The maximum absolute atomic E-state index is 11.4. The number of carbonyl (C=O) groups is 1. The number of halogens is 1. The molecule has 2 rings (SSSR count). The van der Waals surface area contributed by atoms with Gasteiger partial charge in [0.05, 0.1) is 0 Å². The van der Waals surface area contributed by atoms with Gasteiger partial charge in [-0.2, -0.15) is 0 Å². The van der Waals surface area contributed by atoms with Crippen molar-refractivity contribution in [1.29, 1.82) is 0 Å². The van der Waals surface area contributed by atoms with E-state index < -0.39 is 6.10 Å². The molecule has 1 N–H and O–H groups in total. The largest absolute Gasteiger partial charge is 0.383 e. The minimum Gasteiger partial charge on any atom is -0.383 e. The lowest BCUT2D eigenvalue weighted by atomic mass is 10.3. The quantitative estimate of drug-likeness (QED) is 0.814. The molecule has 1 unspecified atom stereocenters. The van der Waals surface area contributed by atoms with Gasteiger partial charge in [0.25, 0.3) is 5.91 Å². The predicted molar refractivity (Wildman–Crippen MR) is 54.9 cm³/mol. The lowest BCUT2D eigenvalue weighted by Gasteiger charge is -2.13. The minimum atomic E-state index is -0.861. The Morgan fingerprint density at radius 1 is 1.57 bits per heavy atom. The first-order chi connectivity index (χ1) is 6.68. The van der Waals surface area contributed by atoms with E-state index in [0.29, 0.717) is 18.8 Å². The van der Waals surface area contributed by atoms with E-state index in [1.807, 2.05) is 6.07 Å². The molecule has 1 fully saturated rings. The van der Waals surface area contributed by atoms with Crippen molar-refractivity contribution in [3.8, 4) is 0 Å². The Labute approximate surface area is 89.7 Å². The normalized spacial score (nSPS) is 21.7. The van der Waals surface area contributed by atoms with E-state index in [9.17, 15) is 9.90 Å². The van der Waals surface area contributed by atoms with E-state index in [-0.39, 0.29) is 5.91 Å². The molecule has 1 amide bonds. The van der Waals surface area contributed by atoms with Crippen LogP contribution in [0, 0.1) is 0 Å². The summed E-state index contributed by atoms with van der Waals surface area (Å²) in [5.41, 5.74) is 0. The summed E-state index contributed by atoms with van der Waals surface area (Å²) in [6.45, 7) is 0.536. The second-order valence-corrected chi connectivity index (χ2v) is 4.04. The van der Waals surface area contributed by atoms with Crippen molar-refractivity contribution in [3.63, 3.8) is 0 Å². The fraction of sp³-hybridized carbons (Fsp3) is 0.333. The molecule has 2 heterocycles. The summed E-state index contributed by atoms with van der Waals surface area (Å²) >= 11 is 3.27. The number of hydrogen-bond donors (Lipinski definition) is 1. The molecule has 1 aliphatic rings. The molecular weight excluding hydrogens is 248 g/mol. The zero-order valence-electron chi connectivity index (χ0n) is 7.35. The number of amides is 1. The second kappa shape index (κ2) is 3.67. The molecule has 0 saturated carbocycles. The Balaban J connectivity index is 2.24. The van der Waals surface area contributed by atoms with Crippen LogP contribution >= 0.6 is 15.9 Å². The van der Waals surface area contributed by atoms with Crippen LogP contribution in [0.5, 0.6) is 0 Å². The van der Waals surface area contributed by atoms with Crippen molar-refractivity contribution < 1.29 is 9.90 Å². The second-order valence-electron chi connectivity index (χ2n) is 3.13. The third-order valence-corrected chi connectivity index (χ3v) is 2.63. The average molecular weight is 257 g/mol. The van der Waals surface area contributed by atoms with E-state index in [1.165, 1.54) is 4.90 Å². The molecule has 1 aromatic rings. The van der Waals surface area contributed by atoms with Crippen molar-refractivity contribution in [2.24, 2.45) is 0 Å². The summed E-state index contributed by atoms with van der Waals surface area (Å²) in [6, 6.07) is 3.57. The van der Waals surface area contributed by atoms with E-state index >= 15 is 0 Å². The molecule has 5 heteroatoms. The fourth-order valence-electron chi connectivity index (χ4n) is 1.42. The summed E-state index contributed by atoms with van der Waals surface area (Å²) in [4.78, 5) is 17.0. The Kier molecular flexibility index (Phi) is 2.52. The topological polar surface area (TPSA) is 53.4 Å². The molecule has 0 aliphatic carbocycles. The third kappa shape index (κ3) is 1.65. The SMILES string of the molecule is O=C1C(O)CCN1c1ccc(Br)cn1. The van der Waals surface area contributed by atoms with Crippen LogP contribution in [0.15, 0.2) is 22.8 Å². The van der Waals surface area contributed by atoms with Crippen LogP contribution in [-0.4, -0.2) is 28.6 Å². The number of hydrogen-bond acceptors (Lipinski definition) is 3. The highest BCUT2D eigenvalue weighted by atomic mass is 79.9. The Bertz CT molecular complexity index is 352. The first-order valence-corrected chi connectivity index (χ1v) is 5.09. The number of aromatic nitrogens is 1. The molecule has 4 nitrogen and oxygen atoms in total. The molecule has 0 radical (unpaired) electrons. The number of aliphatic hydroxyl groups is 1. The molecule has 1 aromatic heterocycles. The minimum absolute atomic E-state index is 0.264. The number of aliphatic hydroxyl groups excluding tert-OH is 1. The van der Waals surface area contributed by atoms with Crippen molar-refractivity contribution in [2.45, 2.75) is 12.5 Å². The van der Waals surface area contributed by atoms with Crippen molar-refractivity contribution in [2.75, 3.05) is 11.4 Å². The van der Waals surface area contributed by atoms with E-state index in [2.05, 4.69) is 20.9 Å². The number of anilines is 1. The molecule has 14 heavy (non-hydrogen) atoms. The Morgan fingerprint density at radius 3 is 2.86 bits per heavy atom. The van der Waals surface area contributed by atoms with Gasteiger partial charge in [0.1, 0.15) is 11.9 Å². The predicted octanol–water partition coefficient (Wildman–Crippen LogP) is 0.942. The maximum Gasteiger partial charge on any atom is 0.257 e. The maximum atomic E-state index is 11.4. The fourth-order valence-corrected chi connectivity index (χ4v) is 1.65. The van der Waals surface area contributed by atoms with Crippen LogP contribution in [0.2, 0.25) is 0 Å². The molecule has 1 atom stereocenters. The highest BCUT2D eigenvalue weighted by Crippen LogP contribution is 2.20. The van der Waals surface area contributed by atoms with Crippen molar-refractivity contribution >= 4 is 27.7 Å². The highest BCUT2D eigenvalue weighted by Gasteiger charge is 2.31. The van der Waals surface area contributed by atoms with Gasteiger partial charge in [-0.3, -0.25) is 9.69 Å². The Hall–Kier alpha value is -0.940. The number of carbonyl (C=O) groups excluding carboxylic acids is 1. The van der Waals surface area contributed by atoms with E-state index in [0.717, 1.165) is 4.47 Å². The lowest BCUT2D eigenvalue weighted by molar-refractivity contribution is -0.124. The van der Waals surface area contributed by atoms with Gasteiger partial charge in [-0.15, -0.1) is 0 Å². The van der Waals surface area contributed by atoms with Crippen LogP contribution in [0.1, 0.15) is 6.42 Å².